The van der Waals surface area contributed by atoms with Crippen LogP contribution in [0.25, 0.3) is 5.57 Å². The molecule has 0 aliphatic carbocycles. The molecule has 2 aromatic carbocycles. The number of amides is 2. The summed E-state index contributed by atoms with van der Waals surface area (Å²) >= 11 is 5.98. The standard InChI is InChI=1S/C21H21ClN2O2/c1-14(2)24-20(25)18(16-9-11-17(22)12-10-16)19(21(24)26)23(3)13-15-7-5-4-6-8-15/h4-12,14H,13H2,1-3H3. The lowest BCUT2D eigenvalue weighted by atomic mass is 10.0. The third kappa shape index (κ3) is 3.37. The number of hydrogen-bond acceptors (Lipinski definition) is 3. The van der Waals surface area contributed by atoms with Gasteiger partial charge in [0.05, 0.1) is 5.57 Å². The lowest BCUT2D eigenvalue weighted by Gasteiger charge is -2.23. The number of carbonyl (C=O) groups is 2. The Morgan fingerprint density at radius 3 is 2.15 bits per heavy atom. The molecule has 134 valence electrons. The molecule has 0 unspecified atom stereocenters. The minimum absolute atomic E-state index is 0.208. The maximum Gasteiger partial charge on any atom is 0.278 e. The first kappa shape index (κ1) is 18.2. The van der Waals surface area contributed by atoms with Crippen molar-refractivity contribution in [2.75, 3.05) is 7.05 Å². The fourth-order valence-corrected chi connectivity index (χ4v) is 3.30. The molecule has 0 saturated carbocycles. The van der Waals surface area contributed by atoms with Gasteiger partial charge in [-0.05, 0) is 37.1 Å². The first-order valence-electron chi connectivity index (χ1n) is 8.53. The summed E-state index contributed by atoms with van der Waals surface area (Å²) in [6, 6.07) is 16.7. The van der Waals surface area contributed by atoms with Crippen LogP contribution in [-0.2, 0) is 16.1 Å². The van der Waals surface area contributed by atoms with E-state index in [1.165, 1.54) is 4.90 Å². The van der Waals surface area contributed by atoms with Gasteiger partial charge in [-0.1, -0.05) is 54.1 Å². The van der Waals surface area contributed by atoms with Crippen LogP contribution in [0.2, 0.25) is 5.02 Å². The molecule has 0 aromatic heterocycles. The van der Waals surface area contributed by atoms with Crippen molar-refractivity contribution in [3.8, 4) is 0 Å². The number of hydrogen-bond donors (Lipinski definition) is 0. The number of nitrogens with zero attached hydrogens (tertiary/aromatic N) is 2. The Morgan fingerprint density at radius 2 is 1.58 bits per heavy atom. The summed E-state index contributed by atoms with van der Waals surface area (Å²) in [6.45, 7) is 4.23. The van der Waals surface area contributed by atoms with Crippen LogP contribution in [0.5, 0.6) is 0 Å². The van der Waals surface area contributed by atoms with Crippen LogP contribution in [-0.4, -0.2) is 34.7 Å². The van der Waals surface area contributed by atoms with E-state index in [4.69, 9.17) is 11.6 Å². The first-order chi connectivity index (χ1) is 12.4. The van der Waals surface area contributed by atoms with Gasteiger partial charge in [0.15, 0.2) is 0 Å². The molecule has 2 aromatic rings. The minimum Gasteiger partial charge on any atom is -0.365 e. The van der Waals surface area contributed by atoms with Crippen LogP contribution >= 0.6 is 11.6 Å². The summed E-state index contributed by atoms with van der Waals surface area (Å²) in [5.74, 6) is -0.518. The molecule has 26 heavy (non-hydrogen) atoms. The maximum absolute atomic E-state index is 13.0. The fraction of sp³-hybridized carbons (Fsp3) is 0.238. The summed E-state index contributed by atoms with van der Waals surface area (Å²) in [5.41, 5.74) is 2.63. The highest BCUT2D eigenvalue weighted by atomic mass is 35.5. The molecule has 0 radical (unpaired) electrons. The number of carbonyl (C=O) groups excluding carboxylic acids is 2. The van der Waals surface area contributed by atoms with Gasteiger partial charge in [0.2, 0.25) is 0 Å². The Labute approximate surface area is 158 Å². The monoisotopic (exact) mass is 368 g/mol. The van der Waals surface area contributed by atoms with Crippen molar-refractivity contribution in [1.29, 1.82) is 0 Å². The van der Waals surface area contributed by atoms with Crippen molar-refractivity contribution in [3.05, 3.63) is 76.4 Å². The van der Waals surface area contributed by atoms with Crippen LogP contribution in [0.4, 0.5) is 0 Å². The van der Waals surface area contributed by atoms with Gasteiger partial charge < -0.3 is 4.90 Å². The molecule has 3 rings (SSSR count). The van der Waals surface area contributed by atoms with Crippen molar-refractivity contribution in [1.82, 2.24) is 9.80 Å². The summed E-state index contributed by atoms with van der Waals surface area (Å²) in [4.78, 5) is 29.2. The summed E-state index contributed by atoms with van der Waals surface area (Å²) in [6.07, 6.45) is 0. The molecular formula is C21H21ClN2O2. The van der Waals surface area contributed by atoms with Crippen LogP contribution in [0.3, 0.4) is 0 Å². The van der Waals surface area contributed by atoms with Crippen LogP contribution in [0.1, 0.15) is 25.0 Å². The Balaban J connectivity index is 2.06. The van der Waals surface area contributed by atoms with Gasteiger partial charge in [0.25, 0.3) is 11.8 Å². The van der Waals surface area contributed by atoms with Gasteiger partial charge in [0, 0.05) is 24.7 Å². The Hall–Kier alpha value is -2.59. The van der Waals surface area contributed by atoms with Gasteiger partial charge in [-0.2, -0.15) is 0 Å². The number of halogens is 1. The van der Waals surface area contributed by atoms with Gasteiger partial charge in [0.1, 0.15) is 5.70 Å². The highest BCUT2D eigenvalue weighted by Crippen LogP contribution is 2.33. The molecule has 0 N–H and O–H groups in total. The smallest absolute Gasteiger partial charge is 0.278 e. The highest BCUT2D eigenvalue weighted by molar-refractivity contribution is 6.36. The molecule has 1 aliphatic heterocycles. The fourth-order valence-electron chi connectivity index (χ4n) is 3.17. The molecule has 5 heteroatoms. The van der Waals surface area contributed by atoms with E-state index in [1.54, 1.807) is 24.3 Å². The molecule has 0 saturated heterocycles. The number of imide groups is 1. The molecule has 1 heterocycles. The third-order valence-corrected chi connectivity index (χ3v) is 4.64. The van der Waals surface area contributed by atoms with E-state index in [0.717, 1.165) is 5.56 Å². The quantitative estimate of drug-likeness (QED) is 0.750. The maximum atomic E-state index is 13.0. The Kier molecular flexibility index (Phi) is 5.14. The van der Waals surface area contributed by atoms with Gasteiger partial charge in [-0.25, -0.2) is 0 Å². The molecule has 0 atom stereocenters. The summed E-state index contributed by atoms with van der Waals surface area (Å²) in [5, 5.41) is 0.589. The van der Waals surface area contributed by atoms with Crippen molar-refractivity contribution >= 4 is 29.0 Å². The average Bonchev–Trinajstić information content (AvgIpc) is 2.87. The summed E-state index contributed by atoms with van der Waals surface area (Å²) < 4.78 is 0. The van der Waals surface area contributed by atoms with Crippen LogP contribution in [0, 0.1) is 0 Å². The zero-order valence-electron chi connectivity index (χ0n) is 15.1. The van der Waals surface area contributed by atoms with Crippen LogP contribution in [0.15, 0.2) is 60.3 Å². The first-order valence-corrected chi connectivity index (χ1v) is 8.91. The third-order valence-electron chi connectivity index (χ3n) is 4.38. The second-order valence-electron chi connectivity index (χ2n) is 6.65. The number of likely N-dealkylation sites (N-methyl/N-ethyl adjacent to an activating group) is 1. The van der Waals surface area contributed by atoms with Crippen molar-refractivity contribution in [3.63, 3.8) is 0 Å². The normalized spacial score (nSPS) is 14.6. The lowest BCUT2D eigenvalue weighted by Crippen LogP contribution is -2.39. The molecule has 2 amide bonds. The van der Waals surface area contributed by atoms with E-state index in [9.17, 15) is 9.59 Å². The number of benzene rings is 2. The van der Waals surface area contributed by atoms with Gasteiger partial charge >= 0.3 is 0 Å². The molecule has 0 bridgehead atoms. The Morgan fingerprint density at radius 1 is 0.962 bits per heavy atom. The van der Waals surface area contributed by atoms with Crippen molar-refractivity contribution in [2.24, 2.45) is 0 Å². The number of rotatable bonds is 5. The highest BCUT2D eigenvalue weighted by Gasteiger charge is 2.41. The zero-order valence-corrected chi connectivity index (χ0v) is 15.8. The van der Waals surface area contributed by atoms with Gasteiger partial charge in [-0.15, -0.1) is 0 Å². The molecule has 0 fully saturated rings. The molecular weight excluding hydrogens is 348 g/mol. The van der Waals surface area contributed by atoms with E-state index in [1.807, 2.05) is 56.1 Å². The zero-order chi connectivity index (χ0) is 18.8. The predicted molar refractivity (Wildman–Crippen MR) is 103 cm³/mol. The topological polar surface area (TPSA) is 40.6 Å². The minimum atomic E-state index is -0.262. The van der Waals surface area contributed by atoms with E-state index >= 15 is 0 Å². The van der Waals surface area contributed by atoms with Crippen molar-refractivity contribution < 1.29 is 9.59 Å². The Bertz CT molecular complexity index is 857. The van der Waals surface area contributed by atoms with Gasteiger partial charge in [-0.3, -0.25) is 14.5 Å². The molecule has 1 aliphatic rings. The predicted octanol–water partition coefficient (Wildman–Crippen LogP) is 3.96. The van der Waals surface area contributed by atoms with Crippen LogP contribution < -0.4 is 0 Å². The lowest BCUT2D eigenvalue weighted by molar-refractivity contribution is -0.139. The van der Waals surface area contributed by atoms with E-state index < -0.39 is 0 Å². The second-order valence-corrected chi connectivity index (χ2v) is 7.08. The largest absolute Gasteiger partial charge is 0.365 e. The summed E-state index contributed by atoms with van der Waals surface area (Å²) in [7, 11) is 1.84. The average molecular weight is 369 g/mol. The molecule has 4 nitrogen and oxygen atoms in total. The van der Waals surface area contributed by atoms with E-state index in [2.05, 4.69) is 0 Å². The van der Waals surface area contributed by atoms with E-state index in [0.29, 0.717) is 28.4 Å². The van der Waals surface area contributed by atoms with Crippen molar-refractivity contribution in [2.45, 2.75) is 26.4 Å². The molecule has 0 spiro atoms. The second kappa shape index (κ2) is 7.34. The SMILES string of the molecule is CC(C)N1C(=O)C(c2ccc(Cl)cc2)=C(N(C)Cc2ccccc2)C1=O. The van der Waals surface area contributed by atoms with E-state index in [-0.39, 0.29) is 17.9 Å².